The lowest BCUT2D eigenvalue weighted by Gasteiger charge is -2.63. The van der Waals surface area contributed by atoms with Gasteiger partial charge < -0.3 is 55.9 Å². The summed E-state index contributed by atoms with van der Waals surface area (Å²) in [7, 11) is 7.10. The van der Waals surface area contributed by atoms with Gasteiger partial charge >= 0.3 is 18.0 Å². The Hall–Kier alpha value is -7.79. The Kier molecular flexibility index (Phi) is 17.2. The molecule has 2 bridgehead atoms. The van der Waals surface area contributed by atoms with Crippen molar-refractivity contribution in [1.29, 1.82) is 0 Å². The molecule has 11 atom stereocenters. The van der Waals surface area contributed by atoms with Crippen LogP contribution in [0.1, 0.15) is 90.7 Å². The van der Waals surface area contributed by atoms with Crippen LogP contribution in [0.2, 0.25) is 0 Å². The normalized spacial score (nSPS) is 28.8. The van der Waals surface area contributed by atoms with Gasteiger partial charge in [-0.1, -0.05) is 71.9 Å². The summed E-state index contributed by atoms with van der Waals surface area (Å²) in [6, 6.07) is 15.7. The zero-order chi connectivity index (χ0) is 64.4. The summed E-state index contributed by atoms with van der Waals surface area (Å²) in [5.41, 5.74) is 10.1. The van der Waals surface area contributed by atoms with Crippen LogP contribution >= 0.6 is 21.6 Å². The number of aromatic amines is 1. The number of amides is 3. The second kappa shape index (κ2) is 24.7. The third-order valence-corrected chi connectivity index (χ3v) is 22.6. The van der Waals surface area contributed by atoms with E-state index < -0.39 is 87.1 Å². The average Bonchev–Trinajstić information content (AvgIpc) is 1.52. The molecule has 1 unspecified atom stereocenters. The van der Waals surface area contributed by atoms with Gasteiger partial charge in [-0.15, -0.1) is 0 Å². The summed E-state index contributed by atoms with van der Waals surface area (Å²) in [6.45, 7) is 6.94. The molecule has 11 N–H and O–H groups in total. The van der Waals surface area contributed by atoms with Gasteiger partial charge in [-0.3, -0.25) is 39.4 Å². The highest BCUT2D eigenvalue weighted by Crippen LogP contribution is 2.68. The summed E-state index contributed by atoms with van der Waals surface area (Å²) in [5.74, 6) is -3.07. The van der Waals surface area contributed by atoms with Crippen LogP contribution in [0, 0.1) is 11.3 Å². The summed E-state index contributed by atoms with van der Waals surface area (Å²) in [6.07, 6.45) is 5.82. The number of ether oxygens (including phenoxy) is 3. The number of aliphatic hydroxyl groups is 3. The van der Waals surface area contributed by atoms with Gasteiger partial charge in [0.1, 0.15) is 29.9 Å². The second-order valence-electron chi connectivity index (χ2n) is 25.0. The molecule has 3 fully saturated rings. The lowest BCUT2D eigenvalue weighted by molar-refractivity contribution is -0.204. The number of piperidine rings is 1. The number of esters is 1. The van der Waals surface area contributed by atoms with E-state index >= 15 is 9.59 Å². The largest absolute Gasteiger partial charge is 0.496 e. The van der Waals surface area contributed by atoms with E-state index in [1.165, 1.54) is 36.2 Å². The third kappa shape index (κ3) is 10.7. The molecule has 27 heteroatoms. The van der Waals surface area contributed by atoms with Crippen molar-refractivity contribution >= 4 is 85.5 Å². The van der Waals surface area contributed by atoms with Crippen LogP contribution in [0.3, 0.4) is 0 Å². The number of nitrogens with one attached hydrogen (secondary N) is 5. The highest BCUT2D eigenvalue weighted by molar-refractivity contribution is 8.76. The standard InChI is InChI=1S/C64H76N12O13S2/c1-6-60(85)28-35-29-63(57(83)88-5,42-25-37-11-8-9-12-40(37)41(42)17-21-75(32-35)34-60)44-26-43-46(27-47(44)87-4)74(3)54-62(43)19-22-76-20-10-18-61(7-2,53(62)76)55(81)64(54,86)56(82)72-73-59(84)89-23-24-90-91-33-45(52(79)80)69-50(77)36-13-15-38(16-14-36)66-30-39-31-67-49-48(68-39)51(78)71-58(65)70-49/h8-16,18,26-27,31,35,45,53-55,66,81,85-86H,6-7,17,19-25,28-30,32-34H2,1-5H3,(H,69,77)(H,72,82)(H,73,84)(H,79,80)(H3,65,67,70,71,78)/t35-,45+,53+,54-,55-,60+,61-,62-,63-,64+/m1/s1. The number of hydrogen-bond acceptors (Lipinski definition) is 22. The Bertz CT molecular complexity index is 3860. The Balaban J connectivity index is 0.740. The molecule has 0 radical (unpaired) electrons. The number of hydrogen-bond donors (Lipinski definition) is 10. The number of carbonyl (C=O) groups excluding carboxylic acids is 4. The van der Waals surface area contributed by atoms with Crippen LogP contribution in [0.15, 0.2) is 89.4 Å². The van der Waals surface area contributed by atoms with Crippen molar-refractivity contribution < 1.29 is 58.6 Å². The van der Waals surface area contributed by atoms with E-state index in [0.29, 0.717) is 106 Å². The minimum atomic E-state index is -2.60. The van der Waals surface area contributed by atoms with Crippen LogP contribution < -0.4 is 42.4 Å². The fourth-order valence-corrected chi connectivity index (χ4v) is 18.4. The summed E-state index contributed by atoms with van der Waals surface area (Å²) >= 11 is 0. The van der Waals surface area contributed by atoms with E-state index in [-0.39, 0.29) is 53.3 Å². The Morgan fingerprint density at radius 3 is 2.49 bits per heavy atom. The van der Waals surface area contributed by atoms with Gasteiger partial charge in [0.05, 0.1) is 44.3 Å². The number of benzene rings is 3. The van der Waals surface area contributed by atoms with Crippen LogP contribution in [0.4, 0.5) is 22.1 Å². The van der Waals surface area contributed by atoms with E-state index in [0.717, 1.165) is 38.6 Å². The van der Waals surface area contributed by atoms with E-state index in [4.69, 9.17) is 19.9 Å². The molecule has 91 heavy (non-hydrogen) atoms. The molecule has 7 heterocycles. The number of aliphatic carboxylic acids is 1. The van der Waals surface area contributed by atoms with Gasteiger partial charge in [-0.05, 0) is 116 Å². The molecule has 5 aliphatic heterocycles. The Morgan fingerprint density at radius 2 is 1.75 bits per heavy atom. The van der Waals surface area contributed by atoms with E-state index in [2.05, 4.69) is 69.4 Å². The van der Waals surface area contributed by atoms with Gasteiger partial charge in [0, 0.05) is 90.2 Å². The maximum absolute atomic E-state index is 15.6. The smallest absolute Gasteiger partial charge is 0.426 e. The molecule has 5 aromatic rings. The number of hydrazine groups is 1. The van der Waals surface area contributed by atoms with Gasteiger partial charge in [0.25, 0.3) is 17.4 Å². The Morgan fingerprint density at radius 1 is 0.956 bits per heavy atom. The molecule has 1 saturated carbocycles. The first kappa shape index (κ1) is 63.4. The van der Waals surface area contributed by atoms with Crippen molar-refractivity contribution in [3.63, 3.8) is 0 Å². The second-order valence-corrected chi connectivity index (χ2v) is 27.6. The van der Waals surface area contributed by atoms with Crippen molar-refractivity contribution in [2.24, 2.45) is 11.3 Å². The zero-order valence-electron chi connectivity index (χ0n) is 51.2. The number of carbonyl (C=O) groups is 5. The van der Waals surface area contributed by atoms with Crippen LogP contribution in [-0.4, -0.2) is 188 Å². The molecule has 3 amide bonds. The maximum Gasteiger partial charge on any atom is 0.426 e. The molecule has 2 aliphatic carbocycles. The summed E-state index contributed by atoms with van der Waals surface area (Å²) in [4.78, 5) is 103. The molecule has 3 aromatic carbocycles. The van der Waals surface area contributed by atoms with Crippen molar-refractivity contribution in [2.75, 3.05) is 88.1 Å². The number of carboxylic acid groups (broad SMARTS) is 1. The number of nitrogen functional groups attached to an aromatic ring is 1. The maximum atomic E-state index is 15.6. The molecule has 25 nitrogen and oxygen atoms in total. The van der Waals surface area contributed by atoms with Gasteiger partial charge in [0.2, 0.25) is 5.95 Å². The average molecular weight is 1290 g/mol. The van der Waals surface area contributed by atoms with Crippen molar-refractivity contribution in [2.45, 2.75) is 112 Å². The minimum Gasteiger partial charge on any atom is -0.496 e. The van der Waals surface area contributed by atoms with Crippen molar-refractivity contribution in [1.82, 2.24) is 45.9 Å². The first-order valence-corrected chi connectivity index (χ1v) is 33.2. The number of aliphatic hydroxyl groups excluding tert-OH is 1. The molecule has 1 spiro atoms. The van der Waals surface area contributed by atoms with Crippen molar-refractivity contribution in [3.8, 4) is 5.75 Å². The highest BCUT2D eigenvalue weighted by Gasteiger charge is 2.79. The van der Waals surface area contributed by atoms with E-state index in [1.54, 1.807) is 26.3 Å². The summed E-state index contributed by atoms with van der Waals surface area (Å²) < 4.78 is 17.9. The molecular formula is C64H76N12O13S2. The number of anilines is 3. The number of fused-ring (bicyclic) bond motifs is 6. The number of nitrogens with zero attached hydrogens (tertiary/aromatic N) is 6. The lowest BCUT2D eigenvalue weighted by Crippen LogP contribution is -2.82. The molecule has 482 valence electrons. The number of carboxylic acids is 1. The lowest BCUT2D eigenvalue weighted by atomic mass is 9.47. The monoisotopic (exact) mass is 1280 g/mol. The number of aromatic nitrogens is 4. The third-order valence-electron chi connectivity index (χ3n) is 20.3. The first-order valence-electron chi connectivity index (χ1n) is 30.7. The fourth-order valence-electron chi connectivity index (χ4n) is 16.4. The molecule has 2 aromatic heterocycles. The number of likely N-dealkylation sites (N-methyl/N-ethyl adjacent to an activating group) is 1. The SMILES string of the molecule is CC[C@]1(O)C[C@H]2CN(CCC3=C(Cc4ccccc43)[C@@](C(=O)OC)(c3cc4c(cc3OC)N(C)[C@H]3[C@@](O)(C(=O)NNC(=O)OCCSSC[C@H](NC(=O)c5ccc(NCc6cnc7nc(N)[nH]c(=O)c7n6)cc5)C(=O)O)[C@H](O)[C@]5(CC)C=CCN6CC[C@]43[C@@H]65)C2)C1. The van der Waals surface area contributed by atoms with Gasteiger partial charge in [0.15, 0.2) is 16.8 Å². The van der Waals surface area contributed by atoms with E-state index in [1.807, 2.05) is 49.1 Å². The van der Waals surface area contributed by atoms with Crippen molar-refractivity contribution in [3.05, 3.63) is 128 Å². The first-order chi connectivity index (χ1) is 43.7. The number of H-pyrrole nitrogens is 1. The van der Waals surface area contributed by atoms with Crippen LogP contribution in [0.25, 0.3) is 16.7 Å². The molecule has 12 rings (SSSR count). The highest BCUT2D eigenvalue weighted by atomic mass is 33.1. The number of nitrogens with two attached hydrogens (primary N) is 1. The van der Waals surface area contributed by atoms with E-state index in [9.17, 15) is 39.6 Å². The van der Waals surface area contributed by atoms with Crippen LogP contribution in [0.5, 0.6) is 5.75 Å². The predicted molar refractivity (Wildman–Crippen MR) is 342 cm³/mol. The molecular weight excluding hydrogens is 1210 g/mol. The van der Waals surface area contributed by atoms with Gasteiger partial charge in [-0.25, -0.2) is 25.0 Å². The topological polar surface area (TPSA) is 349 Å². The minimum absolute atomic E-state index is 0.0335. The molecule has 2 saturated heterocycles. The number of methoxy groups -OCH3 is 2. The predicted octanol–water partition coefficient (Wildman–Crippen LogP) is 3.82. The van der Waals surface area contributed by atoms with Crippen LogP contribution in [-0.2, 0) is 47.7 Å². The Labute approximate surface area is 532 Å². The zero-order valence-corrected chi connectivity index (χ0v) is 52.9. The summed E-state index contributed by atoms with van der Waals surface area (Å²) in [5, 5.41) is 54.4. The fraction of sp³-hybridized carbons (Fsp3) is 0.484. The quantitative estimate of drug-likeness (QED) is 0.0196. The number of rotatable bonds is 18. The molecule has 7 aliphatic rings. The van der Waals surface area contributed by atoms with Gasteiger partial charge in [-0.2, -0.15) is 4.98 Å².